The summed E-state index contributed by atoms with van der Waals surface area (Å²) in [5.41, 5.74) is 7.93. The predicted molar refractivity (Wildman–Crippen MR) is 75.2 cm³/mol. The number of nitrogen functional groups attached to an aromatic ring is 1. The Bertz CT molecular complexity index is 442. The number of carbonyl (C=O) groups is 1. The molecule has 0 bridgehead atoms. The minimum absolute atomic E-state index is 0.102. The number of nitrogens with one attached hydrogen (secondary N) is 1. The second-order valence-electron chi connectivity index (χ2n) is 4.80. The maximum Gasteiger partial charge on any atom is 0.253 e. The molecule has 3 N–H and O–H groups in total. The molecule has 0 radical (unpaired) electrons. The van der Waals surface area contributed by atoms with Crippen LogP contribution in [-0.2, 0) is 4.74 Å². The largest absolute Gasteiger partial charge is 0.398 e. The molecule has 1 aromatic rings. The van der Waals surface area contributed by atoms with Crippen molar-refractivity contribution in [2.45, 2.75) is 6.92 Å². The minimum Gasteiger partial charge on any atom is -0.398 e. The second-order valence-corrected chi connectivity index (χ2v) is 4.80. The van der Waals surface area contributed by atoms with Gasteiger partial charge in [0, 0.05) is 31.9 Å². The van der Waals surface area contributed by atoms with E-state index in [9.17, 15) is 4.79 Å². The highest BCUT2D eigenvalue weighted by atomic mass is 16.5. The molecule has 1 fully saturated rings. The molecule has 0 spiro atoms. The van der Waals surface area contributed by atoms with Gasteiger partial charge in [-0.25, -0.2) is 0 Å². The molecule has 1 heterocycles. The summed E-state index contributed by atoms with van der Waals surface area (Å²) >= 11 is 0. The molecule has 1 aliphatic rings. The number of nitrogens with two attached hydrogens (primary N) is 1. The van der Waals surface area contributed by atoms with E-state index >= 15 is 0 Å². The van der Waals surface area contributed by atoms with Gasteiger partial charge in [-0.3, -0.25) is 9.69 Å². The molecule has 0 atom stereocenters. The first kappa shape index (κ1) is 13.8. The Hall–Kier alpha value is -1.59. The van der Waals surface area contributed by atoms with Crippen molar-refractivity contribution in [3.63, 3.8) is 0 Å². The van der Waals surface area contributed by atoms with Gasteiger partial charge in [-0.05, 0) is 19.1 Å². The Balaban J connectivity index is 1.82. The van der Waals surface area contributed by atoms with Gasteiger partial charge in [-0.1, -0.05) is 11.6 Å². The van der Waals surface area contributed by atoms with Crippen LogP contribution in [0.15, 0.2) is 18.2 Å². The van der Waals surface area contributed by atoms with E-state index in [1.54, 1.807) is 6.07 Å². The van der Waals surface area contributed by atoms with Gasteiger partial charge >= 0.3 is 0 Å². The first-order chi connectivity index (χ1) is 9.16. The molecule has 0 aliphatic carbocycles. The third kappa shape index (κ3) is 3.94. The van der Waals surface area contributed by atoms with Crippen LogP contribution < -0.4 is 11.1 Å². The number of hydrogen-bond acceptors (Lipinski definition) is 4. The van der Waals surface area contributed by atoms with Gasteiger partial charge in [0.05, 0.1) is 18.8 Å². The molecular formula is C14H21N3O2. The number of hydrogen-bond donors (Lipinski definition) is 2. The summed E-state index contributed by atoms with van der Waals surface area (Å²) in [6.07, 6.45) is 0. The average molecular weight is 263 g/mol. The number of nitrogens with zero attached hydrogens (tertiary/aromatic N) is 1. The van der Waals surface area contributed by atoms with Gasteiger partial charge in [-0.2, -0.15) is 0 Å². The lowest BCUT2D eigenvalue weighted by molar-refractivity contribution is 0.0383. The average Bonchev–Trinajstić information content (AvgIpc) is 2.42. The number of benzene rings is 1. The minimum atomic E-state index is -0.102. The Morgan fingerprint density at radius 1 is 1.42 bits per heavy atom. The molecule has 0 aromatic heterocycles. The molecular weight excluding hydrogens is 242 g/mol. The highest BCUT2D eigenvalue weighted by Crippen LogP contribution is 2.13. The summed E-state index contributed by atoms with van der Waals surface area (Å²) in [5.74, 6) is -0.102. The van der Waals surface area contributed by atoms with E-state index in [1.807, 2.05) is 19.1 Å². The first-order valence-corrected chi connectivity index (χ1v) is 6.61. The summed E-state index contributed by atoms with van der Waals surface area (Å²) < 4.78 is 5.28. The van der Waals surface area contributed by atoms with Gasteiger partial charge in [-0.15, -0.1) is 0 Å². The van der Waals surface area contributed by atoms with Crippen LogP contribution in [0, 0.1) is 6.92 Å². The summed E-state index contributed by atoms with van der Waals surface area (Å²) in [6, 6.07) is 5.49. The van der Waals surface area contributed by atoms with Gasteiger partial charge in [0.15, 0.2) is 0 Å². The normalized spacial score (nSPS) is 16.3. The van der Waals surface area contributed by atoms with Crippen molar-refractivity contribution in [3.8, 4) is 0 Å². The highest BCUT2D eigenvalue weighted by Gasteiger charge is 2.12. The molecule has 5 heteroatoms. The van der Waals surface area contributed by atoms with Gasteiger partial charge in [0.2, 0.25) is 0 Å². The molecule has 104 valence electrons. The van der Waals surface area contributed by atoms with Crippen LogP contribution in [0.3, 0.4) is 0 Å². The third-order valence-corrected chi connectivity index (χ3v) is 3.27. The lowest BCUT2D eigenvalue weighted by atomic mass is 10.1. The third-order valence-electron chi connectivity index (χ3n) is 3.27. The van der Waals surface area contributed by atoms with E-state index in [1.165, 1.54) is 0 Å². The monoisotopic (exact) mass is 263 g/mol. The number of rotatable bonds is 4. The van der Waals surface area contributed by atoms with Crippen molar-refractivity contribution >= 4 is 11.6 Å². The SMILES string of the molecule is Cc1ccc(N)c(C(=O)NCCN2CCOCC2)c1. The topological polar surface area (TPSA) is 67.6 Å². The fourth-order valence-electron chi connectivity index (χ4n) is 2.11. The smallest absolute Gasteiger partial charge is 0.253 e. The van der Waals surface area contributed by atoms with Crippen molar-refractivity contribution in [2.75, 3.05) is 45.1 Å². The van der Waals surface area contributed by atoms with Crippen LogP contribution in [0.2, 0.25) is 0 Å². The predicted octanol–water partition coefficient (Wildman–Crippen LogP) is 0.639. The number of amides is 1. The zero-order valence-electron chi connectivity index (χ0n) is 11.3. The van der Waals surface area contributed by atoms with E-state index in [0.717, 1.165) is 38.4 Å². The van der Waals surface area contributed by atoms with Gasteiger partial charge in [0.25, 0.3) is 5.91 Å². The Morgan fingerprint density at radius 2 is 2.16 bits per heavy atom. The van der Waals surface area contributed by atoms with Gasteiger partial charge in [0.1, 0.15) is 0 Å². The Morgan fingerprint density at radius 3 is 2.89 bits per heavy atom. The number of aryl methyl sites for hydroxylation is 1. The standard InChI is InChI=1S/C14H21N3O2/c1-11-2-3-13(15)12(10-11)14(18)16-4-5-17-6-8-19-9-7-17/h2-3,10H,4-9,15H2,1H3,(H,16,18). The number of carbonyl (C=O) groups excluding carboxylic acids is 1. The van der Waals surface area contributed by atoms with E-state index < -0.39 is 0 Å². The Kier molecular flexibility index (Phi) is 4.76. The lowest BCUT2D eigenvalue weighted by Crippen LogP contribution is -2.41. The maximum absolute atomic E-state index is 12.0. The summed E-state index contributed by atoms with van der Waals surface area (Å²) in [7, 11) is 0. The fraction of sp³-hybridized carbons (Fsp3) is 0.500. The van der Waals surface area contributed by atoms with E-state index in [4.69, 9.17) is 10.5 Å². The van der Waals surface area contributed by atoms with Crippen LogP contribution in [0.5, 0.6) is 0 Å². The van der Waals surface area contributed by atoms with Crippen molar-refractivity contribution in [1.82, 2.24) is 10.2 Å². The molecule has 1 saturated heterocycles. The van der Waals surface area contributed by atoms with Crippen LogP contribution in [0.4, 0.5) is 5.69 Å². The quantitative estimate of drug-likeness (QED) is 0.782. The molecule has 1 aliphatic heterocycles. The van der Waals surface area contributed by atoms with Crippen LogP contribution in [0.25, 0.3) is 0 Å². The maximum atomic E-state index is 12.0. The van der Waals surface area contributed by atoms with Crippen molar-refractivity contribution in [2.24, 2.45) is 0 Å². The summed E-state index contributed by atoms with van der Waals surface area (Å²) in [4.78, 5) is 14.3. The summed E-state index contributed by atoms with van der Waals surface area (Å²) in [6.45, 7) is 6.85. The first-order valence-electron chi connectivity index (χ1n) is 6.61. The fourth-order valence-corrected chi connectivity index (χ4v) is 2.11. The van der Waals surface area contributed by atoms with E-state index in [2.05, 4.69) is 10.2 Å². The molecule has 2 rings (SSSR count). The van der Waals surface area contributed by atoms with Crippen LogP contribution in [0.1, 0.15) is 15.9 Å². The number of ether oxygens (including phenoxy) is 1. The molecule has 0 saturated carbocycles. The molecule has 19 heavy (non-hydrogen) atoms. The van der Waals surface area contributed by atoms with Crippen molar-refractivity contribution in [1.29, 1.82) is 0 Å². The highest BCUT2D eigenvalue weighted by molar-refractivity contribution is 5.99. The van der Waals surface area contributed by atoms with Crippen molar-refractivity contribution < 1.29 is 9.53 Å². The number of anilines is 1. The van der Waals surface area contributed by atoms with E-state index in [0.29, 0.717) is 17.8 Å². The van der Waals surface area contributed by atoms with Crippen molar-refractivity contribution in [3.05, 3.63) is 29.3 Å². The second kappa shape index (κ2) is 6.54. The zero-order valence-corrected chi connectivity index (χ0v) is 11.3. The van der Waals surface area contributed by atoms with E-state index in [-0.39, 0.29) is 5.91 Å². The Labute approximate surface area is 113 Å². The lowest BCUT2D eigenvalue weighted by Gasteiger charge is -2.26. The number of morpholine rings is 1. The molecule has 0 unspecified atom stereocenters. The van der Waals surface area contributed by atoms with Crippen LogP contribution in [-0.4, -0.2) is 50.2 Å². The molecule has 5 nitrogen and oxygen atoms in total. The van der Waals surface area contributed by atoms with Gasteiger partial charge < -0.3 is 15.8 Å². The zero-order chi connectivity index (χ0) is 13.7. The summed E-state index contributed by atoms with van der Waals surface area (Å²) in [5, 5.41) is 2.91. The molecule has 1 amide bonds. The molecule has 1 aromatic carbocycles. The van der Waals surface area contributed by atoms with Crippen LogP contribution >= 0.6 is 0 Å².